The predicted molar refractivity (Wildman–Crippen MR) is 121 cm³/mol. The fraction of sp³-hybridized carbons (Fsp3) is 0.217. The lowest BCUT2D eigenvalue weighted by atomic mass is 10.2. The van der Waals surface area contributed by atoms with Gasteiger partial charge in [0.15, 0.2) is 0 Å². The van der Waals surface area contributed by atoms with E-state index in [4.69, 9.17) is 4.74 Å². The van der Waals surface area contributed by atoms with Crippen LogP contribution in [0.4, 0.5) is 10.5 Å². The molecular formula is C23H23BrN4O2. The summed E-state index contributed by atoms with van der Waals surface area (Å²) in [5.41, 5.74) is 1.91. The van der Waals surface area contributed by atoms with Gasteiger partial charge in [-0.1, -0.05) is 28.1 Å². The molecular weight excluding hydrogens is 444 g/mol. The molecule has 0 atom stereocenters. The van der Waals surface area contributed by atoms with Gasteiger partial charge < -0.3 is 15.0 Å². The predicted octanol–water partition coefficient (Wildman–Crippen LogP) is 4.99. The van der Waals surface area contributed by atoms with Gasteiger partial charge >= 0.3 is 6.03 Å². The molecule has 2 amide bonds. The summed E-state index contributed by atoms with van der Waals surface area (Å²) in [6.07, 6.45) is 3.34. The van der Waals surface area contributed by atoms with Crippen molar-refractivity contribution in [3.63, 3.8) is 0 Å². The van der Waals surface area contributed by atoms with Crippen LogP contribution in [0, 0.1) is 0 Å². The van der Waals surface area contributed by atoms with E-state index >= 15 is 0 Å². The molecule has 154 valence electrons. The molecule has 2 aromatic carbocycles. The zero-order valence-electron chi connectivity index (χ0n) is 16.5. The van der Waals surface area contributed by atoms with Gasteiger partial charge in [0.1, 0.15) is 11.5 Å². The van der Waals surface area contributed by atoms with Crippen LogP contribution in [-0.4, -0.2) is 47.0 Å². The van der Waals surface area contributed by atoms with E-state index in [1.54, 1.807) is 12.4 Å². The van der Waals surface area contributed by atoms with E-state index in [0.29, 0.717) is 18.8 Å². The summed E-state index contributed by atoms with van der Waals surface area (Å²) in [4.78, 5) is 20.6. The van der Waals surface area contributed by atoms with E-state index in [9.17, 15) is 4.79 Å². The summed E-state index contributed by atoms with van der Waals surface area (Å²) in [6, 6.07) is 19.5. The molecule has 0 spiro atoms. The minimum atomic E-state index is -0.0763. The second kappa shape index (κ2) is 9.73. The van der Waals surface area contributed by atoms with Crippen LogP contribution in [0.25, 0.3) is 0 Å². The number of aromatic nitrogens is 1. The first-order chi connectivity index (χ1) is 14.7. The lowest BCUT2D eigenvalue weighted by Gasteiger charge is -2.34. The Morgan fingerprint density at radius 3 is 2.53 bits per heavy atom. The number of hydrogen-bond acceptors (Lipinski definition) is 4. The van der Waals surface area contributed by atoms with Gasteiger partial charge in [-0.05, 0) is 54.1 Å². The minimum absolute atomic E-state index is 0.0763. The first kappa shape index (κ1) is 20.4. The Bertz CT molecular complexity index is 974. The minimum Gasteiger partial charge on any atom is -0.457 e. The fourth-order valence-corrected chi connectivity index (χ4v) is 3.62. The summed E-state index contributed by atoms with van der Waals surface area (Å²) in [6.45, 7) is 3.88. The molecule has 1 N–H and O–H groups in total. The van der Waals surface area contributed by atoms with Gasteiger partial charge in [0.25, 0.3) is 0 Å². The first-order valence-corrected chi connectivity index (χ1v) is 10.7. The molecule has 3 aromatic rings. The second-order valence-corrected chi connectivity index (χ2v) is 8.05. The molecule has 30 heavy (non-hydrogen) atoms. The number of rotatable bonds is 5. The Morgan fingerprint density at radius 2 is 1.80 bits per heavy atom. The van der Waals surface area contributed by atoms with Crippen molar-refractivity contribution in [1.29, 1.82) is 0 Å². The quantitative estimate of drug-likeness (QED) is 0.575. The number of anilines is 1. The van der Waals surface area contributed by atoms with Crippen LogP contribution in [-0.2, 0) is 6.54 Å². The van der Waals surface area contributed by atoms with E-state index in [0.717, 1.165) is 35.6 Å². The number of carbonyl (C=O) groups excluding carboxylic acids is 1. The molecule has 7 heteroatoms. The number of nitrogens with zero attached hydrogens (tertiary/aromatic N) is 3. The van der Waals surface area contributed by atoms with Crippen molar-refractivity contribution < 1.29 is 9.53 Å². The van der Waals surface area contributed by atoms with Gasteiger partial charge in [0.2, 0.25) is 0 Å². The number of urea groups is 1. The summed E-state index contributed by atoms with van der Waals surface area (Å²) in [7, 11) is 0. The Balaban J connectivity index is 1.28. The topological polar surface area (TPSA) is 57.7 Å². The molecule has 0 saturated carbocycles. The Hall–Kier alpha value is -2.90. The van der Waals surface area contributed by atoms with Crippen molar-refractivity contribution >= 4 is 27.6 Å². The summed E-state index contributed by atoms with van der Waals surface area (Å²) in [5.74, 6) is 1.63. The maximum Gasteiger partial charge on any atom is 0.321 e. The third-order valence-electron chi connectivity index (χ3n) is 4.93. The Morgan fingerprint density at radius 1 is 1.00 bits per heavy atom. The van der Waals surface area contributed by atoms with Crippen LogP contribution >= 0.6 is 15.9 Å². The van der Waals surface area contributed by atoms with E-state index in [2.05, 4.69) is 43.3 Å². The number of pyridine rings is 1. The SMILES string of the molecule is O=C(Nc1cccnc1)N1CCN(Cc2cccc(Oc3ccc(Br)cc3)c2)CC1. The van der Waals surface area contributed by atoms with E-state index in [1.807, 2.05) is 53.4 Å². The molecule has 1 aliphatic heterocycles. The largest absolute Gasteiger partial charge is 0.457 e. The summed E-state index contributed by atoms with van der Waals surface area (Å²) < 4.78 is 6.99. The number of benzene rings is 2. The molecule has 0 bridgehead atoms. The molecule has 1 fully saturated rings. The number of halogens is 1. The van der Waals surface area contributed by atoms with E-state index in [1.165, 1.54) is 5.56 Å². The summed E-state index contributed by atoms with van der Waals surface area (Å²) >= 11 is 3.43. The standard InChI is InChI=1S/C23H23BrN4O2/c24-19-6-8-21(9-7-19)30-22-5-1-3-18(15-22)17-27-11-13-28(14-12-27)23(29)26-20-4-2-10-25-16-20/h1-10,15-16H,11-14,17H2,(H,26,29). The fourth-order valence-electron chi connectivity index (χ4n) is 3.35. The Kier molecular flexibility index (Phi) is 6.61. The lowest BCUT2D eigenvalue weighted by Crippen LogP contribution is -2.49. The number of amides is 2. The van der Waals surface area contributed by atoms with Gasteiger partial charge in [-0.15, -0.1) is 0 Å². The third kappa shape index (κ3) is 5.58. The highest BCUT2D eigenvalue weighted by atomic mass is 79.9. The number of hydrogen-bond donors (Lipinski definition) is 1. The van der Waals surface area contributed by atoms with Gasteiger partial charge in [-0.3, -0.25) is 9.88 Å². The number of carbonyl (C=O) groups is 1. The van der Waals surface area contributed by atoms with Crippen molar-refractivity contribution in [3.05, 3.63) is 83.1 Å². The molecule has 1 aromatic heterocycles. The van der Waals surface area contributed by atoms with Crippen molar-refractivity contribution in [2.45, 2.75) is 6.54 Å². The van der Waals surface area contributed by atoms with Gasteiger partial charge in [0.05, 0.1) is 11.9 Å². The van der Waals surface area contributed by atoms with Crippen LogP contribution in [0.1, 0.15) is 5.56 Å². The normalized spacial score (nSPS) is 14.4. The average molecular weight is 467 g/mol. The van der Waals surface area contributed by atoms with Crippen molar-refractivity contribution in [1.82, 2.24) is 14.8 Å². The van der Waals surface area contributed by atoms with Crippen molar-refractivity contribution in [2.75, 3.05) is 31.5 Å². The number of piperazine rings is 1. The zero-order chi connectivity index (χ0) is 20.8. The van der Waals surface area contributed by atoms with Crippen LogP contribution in [0.3, 0.4) is 0 Å². The monoisotopic (exact) mass is 466 g/mol. The zero-order valence-corrected chi connectivity index (χ0v) is 18.1. The first-order valence-electron chi connectivity index (χ1n) is 9.86. The average Bonchev–Trinajstić information content (AvgIpc) is 2.77. The van der Waals surface area contributed by atoms with Crippen LogP contribution in [0.15, 0.2) is 77.5 Å². The number of ether oxygens (including phenoxy) is 1. The highest BCUT2D eigenvalue weighted by molar-refractivity contribution is 9.10. The van der Waals surface area contributed by atoms with Crippen LogP contribution in [0.2, 0.25) is 0 Å². The molecule has 1 aliphatic rings. The number of nitrogens with one attached hydrogen (secondary N) is 1. The Labute approximate surface area is 184 Å². The maximum atomic E-state index is 12.4. The van der Waals surface area contributed by atoms with Gasteiger partial charge in [-0.2, -0.15) is 0 Å². The third-order valence-corrected chi connectivity index (χ3v) is 5.45. The summed E-state index contributed by atoms with van der Waals surface area (Å²) in [5, 5.41) is 2.90. The lowest BCUT2D eigenvalue weighted by molar-refractivity contribution is 0.143. The molecule has 0 radical (unpaired) electrons. The molecule has 0 aliphatic carbocycles. The molecule has 2 heterocycles. The van der Waals surface area contributed by atoms with Crippen molar-refractivity contribution in [2.24, 2.45) is 0 Å². The molecule has 4 rings (SSSR count). The molecule has 6 nitrogen and oxygen atoms in total. The van der Waals surface area contributed by atoms with Gasteiger partial charge in [-0.25, -0.2) is 4.79 Å². The van der Waals surface area contributed by atoms with Crippen molar-refractivity contribution in [3.8, 4) is 11.5 Å². The highest BCUT2D eigenvalue weighted by Crippen LogP contribution is 2.24. The van der Waals surface area contributed by atoms with Crippen LogP contribution in [0.5, 0.6) is 11.5 Å². The highest BCUT2D eigenvalue weighted by Gasteiger charge is 2.21. The molecule has 0 unspecified atom stereocenters. The van der Waals surface area contributed by atoms with E-state index < -0.39 is 0 Å². The van der Waals surface area contributed by atoms with Crippen LogP contribution < -0.4 is 10.1 Å². The molecule has 1 saturated heterocycles. The van der Waals surface area contributed by atoms with Gasteiger partial charge in [0, 0.05) is 43.4 Å². The maximum absolute atomic E-state index is 12.4. The second-order valence-electron chi connectivity index (χ2n) is 7.14. The van der Waals surface area contributed by atoms with E-state index in [-0.39, 0.29) is 6.03 Å². The smallest absolute Gasteiger partial charge is 0.321 e.